The second-order valence-corrected chi connectivity index (χ2v) is 6.76. The van der Waals surface area contributed by atoms with Crippen molar-refractivity contribution in [1.29, 1.82) is 0 Å². The zero-order valence-corrected chi connectivity index (χ0v) is 13.6. The number of hydrogen-bond donors (Lipinski definition) is 0. The van der Waals surface area contributed by atoms with E-state index < -0.39 is 5.60 Å². The van der Waals surface area contributed by atoms with Crippen LogP contribution in [-0.4, -0.2) is 60.1 Å². The van der Waals surface area contributed by atoms with E-state index in [0.717, 1.165) is 5.69 Å². The van der Waals surface area contributed by atoms with Crippen molar-refractivity contribution in [3.8, 4) is 5.88 Å². The zero-order chi connectivity index (χ0) is 16.6. The van der Waals surface area contributed by atoms with Crippen LogP contribution in [0.2, 0.25) is 0 Å². The molecule has 7 heteroatoms. The lowest BCUT2D eigenvalue weighted by molar-refractivity contribution is 0.0193. The number of anilines is 1. The molecule has 2 aliphatic heterocycles. The van der Waals surface area contributed by atoms with Gasteiger partial charge in [-0.15, -0.1) is 0 Å². The Labute approximate surface area is 135 Å². The van der Waals surface area contributed by atoms with E-state index in [1.807, 2.05) is 26.8 Å². The van der Waals surface area contributed by atoms with Crippen molar-refractivity contribution >= 4 is 18.1 Å². The minimum atomic E-state index is -0.501. The fraction of sp³-hybridized carbons (Fsp3) is 0.562. The summed E-state index contributed by atoms with van der Waals surface area (Å²) in [6.45, 7) is 7.82. The van der Waals surface area contributed by atoms with Crippen molar-refractivity contribution in [1.82, 2.24) is 9.88 Å². The van der Waals surface area contributed by atoms with Gasteiger partial charge in [0.25, 0.3) is 0 Å². The molecular weight excluding hydrogens is 298 g/mol. The summed E-state index contributed by atoms with van der Waals surface area (Å²) in [7, 11) is 0. The first-order valence-electron chi connectivity index (χ1n) is 7.71. The number of pyridine rings is 1. The highest BCUT2D eigenvalue weighted by Gasteiger charge is 2.36. The van der Waals surface area contributed by atoms with Gasteiger partial charge in [0.15, 0.2) is 6.29 Å². The van der Waals surface area contributed by atoms with Gasteiger partial charge >= 0.3 is 6.09 Å². The van der Waals surface area contributed by atoms with Crippen LogP contribution in [0.4, 0.5) is 10.5 Å². The number of aldehydes is 1. The molecule has 1 unspecified atom stereocenters. The summed E-state index contributed by atoms with van der Waals surface area (Å²) >= 11 is 0. The lowest BCUT2D eigenvalue weighted by atomic mass is 10.1. The molecule has 3 rings (SSSR count). The summed E-state index contributed by atoms with van der Waals surface area (Å²) in [5.74, 6) is 0.483. The van der Waals surface area contributed by atoms with Gasteiger partial charge in [0, 0.05) is 19.6 Å². The number of aromatic nitrogens is 1. The number of nitrogens with zero attached hydrogens (tertiary/aromatic N) is 3. The molecule has 1 aromatic heterocycles. The Morgan fingerprint density at radius 2 is 2.17 bits per heavy atom. The molecule has 1 atom stereocenters. The van der Waals surface area contributed by atoms with Crippen LogP contribution >= 0.6 is 0 Å². The summed E-state index contributed by atoms with van der Waals surface area (Å²) < 4.78 is 11.1. The number of piperazine rings is 1. The Morgan fingerprint density at radius 1 is 1.39 bits per heavy atom. The van der Waals surface area contributed by atoms with Gasteiger partial charge in [0.2, 0.25) is 5.88 Å². The lowest BCUT2D eigenvalue weighted by Gasteiger charge is -2.45. The summed E-state index contributed by atoms with van der Waals surface area (Å²) in [4.78, 5) is 31.1. The summed E-state index contributed by atoms with van der Waals surface area (Å²) in [5.41, 5.74) is 0.726. The quantitative estimate of drug-likeness (QED) is 0.734. The monoisotopic (exact) mass is 319 g/mol. The fourth-order valence-corrected chi connectivity index (χ4v) is 2.82. The molecule has 0 saturated carbocycles. The normalized spacial score (nSPS) is 20.2. The second kappa shape index (κ2) is 5.72. The predicted molar refractivity (Wildman–Crippen MR) is 84.1 cm³/mol. The van der Waals surface area contributed by atoms with Gasteiger partial charge in [-0.25, -0.2) is 9.78 Å². The fourth-order valence-electron chi connectivity index (χ4n) is 2.82. The summed E-state index contributed by atoms with van der Waals surface area (Å²) in [6, 6.07) is 3.59. The van der Waals surface area contributed by atoms with E-state index in [4.69, 9.17) is 9.47 Å². The molecule has 0 spiro atoms. The molecule has 0 radical (unpaired) electrons. The maximum absolute atomic E-state index is 12.2. The smallest absolute Gasteiger partial charge is 0.410 e. The molecule has 3 heterocycles. The summed E-state index contributed by atoms with van der Waals surface area (Å²) in [5, 5.41) is 0. The van der Waals surface area contributed by atoms with E-state index in [-0.39, 0.29) is 12.1 Å². The van der Waals surface area contributed by atoms with Crippen molar-refractivity contribution in [2.24, 2.45) is 0 Å². The summed E-state index contributed by atoms with van der Waals surface area (Å²) in [6.07, 6.45) is 0.410. The van der Waals surface area contributed by atoms with Gasteiger partial charge in [-0.1, -0.05) is 0 Å². The third kappa shape index (κ3) is 3.23. The van der Waals surface area contributed by atoms with E-state index in [9.17, 15) is 9.59 Å². The highest BCUT2D eigenvalue weighted by atomic mass is 16.6. The molecule has 0 N–H and O–H groups in total. The van der Waals surface area contributed by atoms with Gasteiger partial charge in [-0.2, -0.15) is 0 Å². The average Bonchev–Trinajstić information content (AvgIpc) is 2.51. The van der Waals surface area contributed by atoms with Gasteiger partial charge in [0.05, 0.1) is 6.04 Å². The van der Waals surface area contributed by atoms with Crippen molar-refractivity contribution in [2.45, 2.75) is 32.4 Å². The first kappa shape index (κ1) is 15.6. The van der Waals surface area contributed by atoms with E-state index in [0.29, 0.717) is 44.1 Å². The third-order valence-electron chi connectivity index (χ3n) is 3.84. The maximum Gasteiger partial charge on any atom is 0.410 e. The standard InChI is InChI=1S/C16H21N3O4/c1-16(2,3)23-15(21)18-6-7-19-12(8-18)10-22-14-13(19)5-4-11(9-20)17-14/h4-5,9,12H,6-8,10H2,1-3H3. The molecule has 1 fully saturated rings. The number of fused-ring (bicyclic) bond motifs is 3. The van der Waals surface area contributed by atoms with Crippen LogP contribution in [-0.2, 0) is 4.74 Å². The molecule has 23 heavy (non-hydrogen) atoms. The van der Waals surface area contributed by atoms with Gasteiger partial charge in [-0.3, -0.25) is 4.79 Å². The SMILES string of the molecule is CC(C)(C)OC(=O)N1CCN2c3ccc(C=O)nc3OCC2C1. The molecule has 0 aliphatic carbocycles. The molecular formula is C16H21N3O4. The predicted octanol–water partition coefficient (Wildman–Crippen LogP) is 1.71. The van der Waals surface area contributed by atoms with E-state index in [2.05, 4.69) is 9.88 Å². The van der Waals surface area contributed by atoms with Crippen LogP contribution in [0, 0.1) is 0 Å². The topological polar surface area (TPSA) is 72.0 Å². The second-order valence-electron chi connectivity index (χ2n) is 6.76. The number of ether oxygens (including phenoxy) is 2. The van der Waals surface area contributed by atoms with Crippen LogP contribution in [0.25, 0.3) is 0 Å². The lowest BCUT2D eigenvalue weighted by Crippen LogP contribution is -2.59. The first-order valence-corrected chi connectivity index (χ1v) is 7.71. The molecule has 0 bridgehead atoms. The number of carbonyl (C=O) groups excluding carboxylic acids is 2. The largest absolute Gasteiger partial charge is 0.474 e. The van der Waals surface area contributed by atoms with Crippen LogP contribution < -0.4 is 9.64 Å². The van der Waals surface area contributed by atoms with Crippen LogP contribution in [0.5, 0.6) is 5.88 Å². The van der Waals surface area contributed by atoms with Gasteiger partial charge in [0.1, 0.15) is 23.6 Å². The van der Waals surface area contributed by atoms with Gasteiger partial charge < -0.3 is 19.3 Å². The molecule has 124 valence electrons. The molecule has 1 amide bonds. The van der Waals surface area contributed by atoms with E-state index >= 15 is 0 Å². The number of amides is 1. The van der Waals surface area contributed by atoms with Crippen LogP contribution in [0.3, 0.4) is 0 Å². The maximum atomic E-state index is 12.2. The highest BCUT2D eigenvalue weighted by Crippen LogP contribution is 2.33. The molecule has 2 aliphatic rings. The van der Waals surface area contributed by atoms with Crippen molar-refractivity contribution in [3.63, 3.8) is 0 Å². The minimum Gasteiger partial charge on any atom is -0.474 e. The average molecular weight is 319 g/mol. The molecule has 0 aromatic carbocycles. The zero-order valence-electron chi connectivity index (χ0n) is 13.6. The number of rotatable bonds is 1. The molecule has 1 saturated heterocycles. The van der Waals surface area contributed by atoms with Crippen molar-refractivity contribution in [3.05, 3.63) is 17.8 Å². The van der Waals surface area contributed by atoms with E-state index in [1.165, 1.54) is 0 Å². The minimum absolute atomic E-state index is 0.0626. The Hall–Kier alpha value is -2.31. The Bertz CT molecular complexity index is 626. The third-order valence-corrected chi connectivity index (χ3v) is 3.84. The number of hydrogen-bond acceptors (Lipinski definition) is 6. The van der Waals surface area contributed by atoms with Crippen molar-refractivity contribution in [2.75, 3.05) is 31.1 Å². The van der Waals surface area contributed by atoms with Crippen LogP contribution in [0.15, 0.2) is 12.1 Å². The Morgan fingerprint density at radius 3 is 2.87 bits per heavy atom. The highest BCUT2D eigenvalue weighted by molar-refractivity contribution is 5.74. The van der Waals surface area contributed by atoms with Crippen LogP contribution in [0.1, 0.15) is 31.3 Å². The van der Waals surface area contributed by atoms with Crippen molar-refractivity contribution < 1.29 is 19.1 Å². The Balaban J connectivity index is 1.72. The molecule has 7 nitrogen and oxygen atoms in total. The van der Waals surface area contributed by atoms with Gasteiger partial charge in [-0.05, 0) is 32.9 Å². The van der Waals surface area contributed by atoms with E-state index in [1.54, 1.807) is 11.0 Å². The Kier molecular flexibility index (Phi) is 3.87. The molecule has 1 aromatic rings. The first-order chi connectivity index (χ1) is 10.9. The number of carbonyl (C=O) groups is 2.